The van der Waals surface area contributed by atoms with Gasteiger partial charge in [-0.3, -0.25) is 4.79 Å². The Kier molecular flexibility index (Phi) is 9.05. The standard InChI is InChI=1S/C19H28F3NO4/c1-2-3-4-5-6-11-27-16-8-7-14(12-15(16)19(20,21)22)9-10-18(23,13-24)17(25)26/h7-8,12,24H,2-6,9-11,13,23H2,1H3,(H,25,26). The second kappa shape index (κ2) is 10.5. The van der Waals surface area contributed by atoms with Crippen molar-refractivity contribution in [3.05, 3.63) is 29.3 Å². The van der Waals surface area contributed by atoms with Crippen molar-refractivity contribution in [2.45, 2.75) is 63.6 Å². The van der Waals surface area contributed by atoms with Crippen molar-refractivity contribution in [2.24, 2.45) is 5.73 Å². The predicted octanol–water partition coefficient (Wildman–Crippen LogP) is 3.76. The molecule has 1 atom stereocenters. The largest absolute Gasteiger partial charge is 0.493 e. The number of hydrogen-bond acceptors (Lipinski definition) is 4. The fourth-order valence-electron chi connectivity index (χ4n) is 2.59. The molecule has 0 fully saturated rings. The molecule has 0 amide bonds. The van der Waals surface area contributed by atoms with E-state index in [0.717, 1.165) is 31.7 Å². The molecule has 0 aliphatic carbocycles. The second-order valence-electron chi connectivity index (χ2n) is 6.71. The molecule has 0 spiro atoms. The number of alkyl halides is 3. The van der Waals surface area contributed by atoms with Gasteiger partial charge in [-0.1, -0.05) is 38.7 Å². The third kappa shape index (κ3) is 7.38. The van der Waals surface area contributed by atoms with E-state index in [1.807, 2.05) is 0 Å². The molecule has 1 aromatic carbocycles. The summed E-state index contributed by atoms with van der Waals surface area (Å²) in [6.45, 7) is 1.49. The molecule has 4 N–H and O–H groups in total. The summed E-state index contributed by atoms with van der Waals surface area (Å²) in [5, 5.41) is 18.2. The van der Waals surface area contributed by atoms with E-state index < -0.39 is 29.9 Å². The van der Waals surface area contributed by atoms with Gasteiger partial charge in [-0.05, 0) is 37.0 Å². The maximum absolute atomic E-state index is 13.3. The van der Waals surface area contributed by atoms with Gasteiger partial charge in [-0.2, -0.15) is 13.2 Å². The molecule has 5 nitrogen and oxygen atoms in total. The number of benzene rings is 1. The van der Waals surface area contributed by atoms with Crippen LogP contribution in [0.15, 0.2) is 18.2 Å². The number of hydrogen-bond donors (Lipinski definition) is 3. The van der Waals surface area contributed by atoms with Crippen LogP contribution in [0.25, 0.3) is 0 Å². The average molecular weight is 391 g/mol. The molecule has 154 valence electrons. The number of aryl methyl sites for hydroxylation is 1. The van der Waals surface area contributed by atoms with E-state index in [0.29, 0.717) is 6.42 Å². The first-order chi connectivity index (χ1) is 12.6. The molecule has 27 heavy (non-hydrogen) atoms. The van der Waals surface area contributed by atoms with Crippen LogP contribution in [0.5, 0.6) is 5.75 Å². The molecule has 1 unspecified atom stereocenters. The Hall–Kier alpha value is -1.80. The van der Waals surface area contributed by atoms with Crippen LogP contribution in [0.2, 0.25) is 0 Å². The first-order valence-electron chi connectivity index (χ1n) is 9.10. The fourth-order valence-corrected chi connectivity index (χ4v) is 2.59. The molecule has 0 bridgehead atoms. The van der Waals surface area contributed by atoms with E-state index in [2.05, 4.69) is 6.92 Å². The third-order valence-corrected chi connectivity index (χ3v) is 4.42. The number of carboxylic acids is 1. The minimum absolute atomic E-state index is 0.0102. The molecule has 1 aromatic rings. The zero-order valence-electron chi connectivity index (χ0n) is 15.5. The van der Waals surface area contributed by atoms with E-state index in [9.17, 15) is 18.0 Å². The zero-order valence-corrected chi connectivity index (χ0v) is 15.5. The Balaban J connectivity index is 2.80. The van der Waals surface area contributed by atoms with Gasteiger partial charge in [0.25, 0.3) is 0 Å². The van der Waals surface area contributed by atoms with Crippen molar-refractivity contribution in [1.29, 1.82) is 0 Å². The molecular weight excluding hydrogens is 363 g/mol. The van der Waals surface area contributed by atoms with E-state index in [1.54, 1.807) is 0 Å². The number of halogens is 3. The Morgan fingerprint density at radius 3 is 2.41 bits per heavy atom. The lowest BCUT2D eigenvalue weighted by Crippen LogP contribution is -2.51. The highest BCUT2D eigenvalue weighted by Crippen LogP contribution is 2.37. The van der Waals surface area contributed by atoms with Crippen LogP contribution in [0.1, 0.15) is 56.6 Å². The summed E-state index contributed by atoms with van der Waals surface area (Å²) >= 11 is 0. The highest BCUT2D eigenvalue weighted by Gasteiger charge is 2.36. The summed E-state index contributed by atoms with van der Waals surface area (Å²) in [5.74, 6) is -1.63. The van der Waals surface area contributed by atoms with Gasteiger partial charge in [0.1, 0.15) is 11.3 Å². The topological polar surface area (TPSA) is 92.8 Å². The summed E-state index contributed by atoms with van der Waals surface area (Å²) in [7, 11) is 0. The minimum atomic E-state index is -4.59. The van der Waals surface area contributed by atoms with Crippen LogP contribution in [-0.2, 0) is 17.4 Å². The Morgan fingerprint density at radius 1 is 1.19 bits per heavy atom. The summed E-state index contributed by atoms with van der Waals surface area (Å²) < 4.78 is 45.3. The van der Waals surface area contributed by atoms with E-state index in [-0.39, 0.29) is 30.8 Å². The number of carbonyl (C=O) groups is 1. The van der Waals surface area contributed by atoms with Gasteiger partial charge in [-0.15, -0.1) is 0 Å². The van der Waals surface area contributed by atoms with Gasteiger partial charge in [0.2, 0.25) is 0 Å². The van der Waals surface area contributed by atoms with Crippen molar-refractivity contribution in [1.82, 2.24) is 0 Å². The molecule has 0 aliphatic heterocycles. The van der Waals surface area contributed by atoms with Gasteiger partial charge in [0.05, 0.1) is 18.8 Å². The lowest BCUT2D eigenvalue weighted by Gasteiger charge is -2.22. The maximum Gasteiger partial charge on any atom is 0.419 e. The van der Waals surface area contributed by atoms with Gasteiger partial charge < -0.3 is 20.7 Å². The number of ether oxygens (including phenoxy) is 1. The van der Waals surface area contributed by atoms with Crippen LogP contribution in [-0.4, -0.2) is 34.9 Å². The number of nitrogens with two attached hydrogens (primary N) is 1. The number of aliphatic hydroxyl groups is 1. The molecular formula is C19H28F3NO4. The zero-order chi connectivity index (χ0) is 20.5. The van der Waals surface area contributed by atoms with Crippen molar-refractivity contribution >= 4 is 5.97 Å². The van der Waals surface area contributed by atoms with Gasteiger partial charge >= 0.3 is 12.1 Å². The number of aliphatic carboxylic acids is 1. The average Bonchev–Trinajstić information content (AvgIpc) is 2.62. The van der Waals surface area contributed by atoms with Crippen LogP contribution in [0, 0.1) is 0 Å². The van der Waals surface area contributed by atoms with Crippen molar-refractivity contribution in [2.75, 3.05) is 13.2 Å². The monoisotopic (exact) mass is 391 g/mol. The van der Waals surface area contributed by atoms with Crippen LogP contribution in [0.3, 0.4) is 0 Å². The third-order valence-electron chi connectivity index (χ3n) is 4.42. The molecule has 0 aliphatic rings. The van der Waals surface area contributed by atoms with Crippen molar-refractivity contribution in [3.63, 3.8) is 0 Å². The van der Waals surface area contributed by atoms with Crippen molar-refractivity contribution < 1.29 is 32.9 Å². The van der Waals surface area contributed by atoms with E-state index in [4.69, 9.17) is 20.7 Å². The fraction of sp³-hybridized carbons (Fsp3) is 0.632. The minimum Gasteiger partial charge on any atom is -0.493 e. The van der Waals surface area contributed by atoms with Gasteiger partial charge in [0.15, 0.2) is 0 Å². The Morgan fingerprint density at radius 2 is 1.85 bits per heavy atom. The Bertz CT molecular complexity index is 607. The van der Waals surface area contributed by atoms with Crippen LogP contribution < -0.4 is 10.5 Å². The smallest absolute Gasteiger partial charge is 0.419 e. The lowest BCUT2D eigenvalue weighted by molar-refractivity contribution is -0.145. The highest BCUT2D eigenvalue weighted by atomic mass is 19.4. The second-order valence-corrected chi connectivity index (χ2v) is 6.71. The molecule has 1 rings (SSSR count). The van der Waals surface area contributed by atoms with Crippen LogP contribution >= 0.6 is 0 Å². The summed E-state index contributed by atoms with van der Waals surface area (Å²) in [6, 6.07) is 3.66. The molecule has 0 heterocycles. The molecule has 0 saturated carbocycles. The maximum atomic E-state index is 13.3. The first kappa shape index (κ1) is 23.2. The van der Waals surface area contributed by atoms with Crippen molar-refractivity contribution in [3.8, 4) is 5.75 Å². The summed E-state index contributed by atoms with van der Waals surface area (Å²) in [5.41, 5.74) is 3.06. The normalized spacial score (nSPS) is 14.0. The number of carboxylic acid groups (broad SMARTS) is 1. The molecule has 8 heteroatoms. The van der Waals surface area contributed by atoms with Gasteiger partial charge in [0, 0.05) is 0 Å². The molecule has 0 aromatic heterocycles. The number of aliphatic hydroxyl groups excluding tert-OH is 1. The quantitative estimate of drug-likeness (QED) is 0.472. The highest BCUT2D eigenvalue weighted by molar-refractivity contribution is 5.78. The van der Waals surface area contributed by atoms with Crippen LogP contribution in [0.4, 0.5) is 13.2 Å². The lowest BCUT2D eigenvalue weighted by atomic mass is 9.92. The number of unbranched alkanes of at least 4 members (excludes halogenated alkanes) is 4. The summed E-state index contributed by atoms with van der Waals surface area (Å²) in [4.78, 5) is 11.1. The van der Waals surface area contributed by atoms with E-state index >= 15 is 0 Å². The number of rotatable bonds is 12. The SMILES string of the molecule is CCCCCCCOc1ccc(CCC(N)(CO)C(=O)O)cc1C(F)(F)F. The Labute approximate surface area is 157 Å². The molecule has 0 radical (unpaired) electrons. The summed E-state index contributed by atoms with van der Waals surface area (Å²) in [6.07, 6.45) is 0.0129. The first-order valence-corrected chi connectivity index (χ1v) is 9.10. The predicted molar refractivity (Wildman–Crippen MR) is 95.7 cm³/mol. The van der Waals surface area contributed by atoms with Gasteiger partial charge in [-0.25, -0.2) is 0 Å². The molecule has 0 saturated heterocycles. The van der Waals surface area contributed by atoms with E-state index in [1.165, 1.54) is 12.1 Å².